The molecule has 40 heavy (non-hydrogen) atoms. The fourth-order valence-corrected chi connectivity index (χ4v) is 8.77. The van der Waals surface area contributed by atoms with Gasteiger partial charge in [0.25, 0.3) is 0 Å². The smallest absolute Gasteiger partial charge is 0.0347 e. The van der Waals surface area contributed by atoms with Crippen LogP contribution in [0, 0.1) is 0 Å². The van der Waals surface area contributed by atoms with E-state index in [1.54, 1.807) is 0 Å². The topological polar surface area (TPSA) is 48.1 Å². The van der Waals surface area contributed by atoms with Crippen molar-refractivity contribution in [2.45, 2.75) is 74.0 Å². The van der Waals surface area contributed by atoms with E-state index < -0.39 is 0 Å². The van der Waals surface area contributed by atoms with Crippen molar-refractivity contribution in [3.05, 3.63) is 142 Å². The minimum Gasteiger partial charge on any atom is -0.303 e. The number of benzene rings is 4. The van der Waals surface area contributed by atoms with Crippen molar-refractivity contribution in [3.8, 4) is 0 Å². The first kappa shape index (κ1) is 23.4. The highest BCUT2D eigenvalue weighted by molar-refractivity contribution is 5.45. The Bertz CT molecular complexity index is 1250. The first-order valence-electron chi connectivity index (χ1n) is 15.2. The monoisotopic (exact) mass is 524 g/mol. The number of hydrogen-bond donors (Lipinski definition) is 4. The van der Waals surface area contributed by atoms with Crippen molar-refractivity contribution in [1.29, 1.82) is 0 Å². The molecule has 1 saturated heterocycles. The van der Waals surface area contributed by atoms with Crippen LogP contribution in [0.4, 0.5) is 0 Å². The van der Waals surface area contributed by atoms with E-state index in [-0.39, 0.29) is 0 Å². The van der Waals surface area contributed by atoms with Crippen LogP contribution in [0.5, 0.6) is 0 Å². The van der Waals surface area contributed by atoms with Crippen molar-refractivity contribution in [2.75, 3.05) is 0 Å². The van der Waals surface area contributed by atoms with Crippen LogP contribution in [-0.2, 0) is 0 Å². The van der Waals surface area contributed by atoms with E-state index in [4.69, 9.17) is 0 Å². The summed E-state index contributed by atoms with van der Waals surface area (Å²) in [6.07, 6.45) is 4.26. The lowest BCUT2D eigenvalue weighted by molar-refractivity contribution is 0.322. The molecule has 8 unspecified atom stereocenters. The Balaban J connectivity index is 1.15. The number of fused-ring (bicyclic) bond motifs is 20. The molecule has 1 fully saturated rings. The van der Waals surface area contributed by atoms with Gasteiger partial charge in [0.15, 0.2) is 0 Å². The van der Waals surface area contributed by atoms with Crippen LogP contribution in [0.2, 0.25) is 0 Å². The van der Waals surface area contributed by atoms with E-state index in [9.17, 15) is 0 Å². The molecule has 9 rings (SSSR count). The lowest BCUT2D eigenvalue weighted by atomic mass is 9.91. The highest BCUT2D eigenvalue weighted by Gasteiger charge is 2.42. The van der Waals surface area contributed by atoms with Crippen LogP contribution in [0.1, 0.15) is 119 Å². The summed E-state index contributed by atoms with van der Waals surface area (Å²) in [5, 5.41) is 16.5. The van der Waals surface area contributed by atoms with Gasteiger partial charge < -0.3 is 21.3 Å². The molecule has 5 aliphatic rings. The van der Waals surface area contributed by atoms with Crippen molar-refractivity contribution in [1.82, 2.24) is 21.3 Å². The molecule has 0 spiro atoms. The zero-order valence-electron chi connectivity index (χ0n) is 22.7. The second kappa shape index (κ2) is 9.12. The lowest BCUT2D eigenvalue weighted by Gasteiger charge is -2.25. The van der Waals surface area contributed by atoms with Gasteiger partial charge in [0.1, 0.15) is 0 Å². The number of hydrogen-bond acceptors (Lipinski definition) is 4. The van der Waals surface area contributed by atoms with Gasteiger partial charge in [0, 0.05) is 48.3 Å². The van der Waals surface area contributed by atoms with Crippen LogP contribution < -0.4 is 21.3 Å². The fraction of sp³-hybridized carbons (Fsp3) is 0.333. The van der Waals surface area contributed by atoms with Gasteiger partial charge in [0.2, 0.25) is 0 Å². The fourth-order valence-electron chi connectivity index (χ4n) is 8.77. The largest absolute Gasteiger partial charge is 0.303 e. The molecule has 4 heteroatoms. The van der Waals surface area contributed by atoms with Gasteiger partial charge in [-0.15, -0.1) is 0 Å². The summed E-state index contributed by atoms with van der Waals surface area (Å²) in [6.45, 7) is 0. The molecule has 4 aromatic carbocycles. The van der Waals surface area contributed by atoms with Gasteiger partial charge in [-0.3, -0.25) is 0 Å². The third-order valence-electron chi connectivity index (χ3n) is 10.5. The van der Waals surface area contributed by atoms with Gasteiger partial charge in [-0.1, -0.05) is 97.1 Å². The Morgan fingerprint density at radius 2 is 0.425 bits per heavy atom. The third kappa shape index (κ3) is 3.60. The highest BCUT2D eigenvalue weighted by Crippen LogP contribution is 2.50. The summed E-state index contributed by atoms with van der Waals surface area (Å²) in [5.74, 6) is 0. The molecule has 0 aromatic heterocycles. The quantitative estimate of drug-likeness (QED) is 0.198. The molecule has 5 heterocycles. The number of rotatable bonds is 0. The Kier molecular flexibility index (Phi) is 5.34. The molecule has 0 saturated carbocycles. The number of nitrogens with one attached hydrogen (secondary N) is 4. The highest BCUT2D eigenvalue weighted by atomic mass is 15.1. The molecular formula is C36H36N4. The summed E-state index contributed by atoms with van der Waals surface area (Å²) < 4.78 is 0. The average Bonchev–Trinajstić information content (AvgIpc) is 3.73. The minimum absolute atomic E-state index is 0.348. The molecular weight excluding hydrogens is 488 g/mol. The van der Waals surface area contributed by atoms with Gasteiger partial charge in [-0.05, 0) is 70.2 Å². The van der Waals surface area contributed by atoms with Crippen LogP contribution in [0.15, 0.2) is 97.1 Å². The maximum atomic E-state index is 4.12. The maximum Gasteiger partial charge on any atom is 0.0347 e. The molecule has 4 aromatic rings. The molecule has 5 aliphatic heterocycles. The molecule has 8 atom stereocenters. The standard InChI is InChI=1S/C36H36N4/c1-2-10-22-21(9-1)29-17-31-23-11-3-4-12-24(23)33(38-31)19-35-27-15-7-8-16-28(27)36(40-35)20-34-26-14-6-5-13-25(26)32(39-34)18-30(22)37-29/h1-16,29-40H,17-20H2. The molecule has 4 N–H and O–H groups in total. The second-order valence-electron chi connectivity index (χ2n) is 12.5. The SMILES string of the molecule is c1ccc2c(c1)C1CC3NC(CC4NC(CC5NC(CC2N1)c1ccccc15)c1ccccc14)c1ccccc13. The van der Waals surface area contributed by atoms with E-state index in [0.717, 1.165) is 25.7 Å². The van der Waals surface area contributed by atoms with E-state index >= 15 is 0 Å². The van der Waals surface area contributed by atoms with Crippen LogP contribution in [0.25, 0.3) is 0 Å². The van der Waals surface area contributed by atoms with Crippen molar-refractivity contribution >= 4 is 0 Å². The molecule has 8 bridgehead atoms. The van der Waals surface area contributed by atoms with Crippen molar-refractivity contribution in [2.24, 2.45) is 0 Å². The molecule has 0 aliphatic carbocycles. The third-order valence-corrected chi connectivity index (χ3v) is 10.5. The summed E-state index contributed by atoms with van der Waals surface area (Å²) in [5.41, 5.74) is 11.9. The van der Waals surface area contributed by atoms with Gasteiger partial charge in [-0.2, -0.15) is 0 Å². The van der Waals surface area contributed by atoms with E-state index in [1.807, 2.05) is 0 Å². The normalized spacial score (nSPS) is 33.2. The lowest BCUT2D eigenvalue weighted by Crippen LogP contribution is -2.30. The summed E-state index contributed by atoms with van der Waals surface area (Å²) in [4.78, 5) is 0. The van der Waals surface area contributed by atoms with Crippen molar-refractivity contribution < 1.29 is 0 Å². The van der Waals surface area contributed by atoms with Crippen LogP contribution >= 0.6 is 0 Å². The predicted molar refractivity (Wildman–Crippen MR) is 159 cm³/mol. The molecule has 200 valence electrons. The van der Waals surface area contributed by atoms with Crippen molar-refractivity contribution in [3.63, 3.8) is 0 Å². The van der Waals surface area contributed by atoms with E-state index in [0.29, 0.717) is 48.3 Å². The zero-order chi connectivity index (χ0) is 26.2. The second-order valence-corrected chi connectivity index (χ2v) is 12.5. The van der Waals surface area contributed by atoms with Gasteiger partial charge in [-0.25, -0.2) is 0 Å². The Morgan fingerprint density at radius 3 is 0.575 bits per heavy atom. The Hall–Kier alpha value is -3.28. The van der Waals surface area contributed by atoms with Crippen LogP contribution in [0.3, 0.4) is 0 Å². The first-order valence-corrected chi connectivity index (χ1v) is 15.2. The maximum absolute atomic E-state index is 4.12. The zero-order valence-corrected chi connectivity index (χ0v) is 22.7. The molecule has 0 amide bonds. The van der Waals surface area contributed by atoms with E-state index in [1.165, 1.54) is 44.5 Å². The first-order chi connectivity index (χ1) is 19.8. The van der Waals surface area contributed by atoms with Crippen LogP contribution in [-0.4, -0.2) is 0 Å². The average molecular weight is 525 g/mol. The summed E-state index contributed by atoms with van der Waals surface area (Å²) in [6, 6.07) is 39.4. The van der Waals surface area contributed by atoms with Gasteiger partial charge >= 0.3 is 0 Å². The Morgan fingerprint density at radius 1 is 0.275 bits per heavy atom. The molecule has 4 nitrogen and oxygen atoms in total. The molecule has 0 radical (unpaired) electrons. The minimum atomic E-state index is 0.348. The summed E-state index contributed by atoms with van der Waals surface area (Å²) >= 11 is 0. The Labute approximate surface area is 236 Å². The van der Waals surface area contributed by atoms with Gasteiger partial charge in [0.05, 0.1) is 0 Å². The summed E-state index contributed by atoms with van der Waals surface area (Å²) in [7, 11) is 0. The van der Waals surface area contributed by atoms with E-state index in [2.05, 4.69) is 118 Å². The predicted octanol–water partition coefficient (Wildman–Crippen LogP) is 7.10.